The van der Waals surface area contributed by atoms with E-state index in [9.17, 15) is 4.79 Å². The topological polar surface area (TPSA) is 69.9 Å². The van der Waals surface area contributed by atoms with Crippen molar-refractivity contribution < 1.29 is 23.4 Å². The summed E-state index contributed by atoms with van der Waals surface area (Å²) in [6, 6.07) is 7.14. The molecule has 1 aliphatic heterocycles. The van der Waals surface area contributed by atoms with E-state index in [2.05, 4.69) is 5.32 Å². The van der Waals surface area contributed by atoms with Crippen LogP contribution in [0.4, 0.5) is 0 Å². The normalized spacial score (nSPS) is 14.4. The van der Waals surface area contributed by atoms with Crippen LogP contribution in [0.15, 0.2) is 34.8 Å². The first-order valence-electron chi connectivity index (χ1n) is 8.09. The summed E-state index contributed by atoms with van der Waals surface area (Å²) >= 11 is 0. The fourth-order valence-electron chi connectivity index (χ4n) is 2.58. The minimum atomic E-state index is -0.213. The van der Waals surface area contributed by atoms with Crippen LogP contribution in [-0.4, -0.2) is 26.2 Å². The molecule has 1 atom stereocenters. The SMILES string of the molecule is COc1cc(/C=C/C(=O)NC(C)c2ccc(C)o2)cc2c1OCCO2. The van der Waals surface area contributed by atoms with Gasteiger partial charge in [0.25, 0.3) is 0 Å². The molecule has 1 N–H and O–H groups in total. The molecule has 0 aliphatic carbocycles. The molecule has 0 bridgehead atoms. The van der Waals surface area contributed by atoms with Gasteiger partial charge in [-0.1, -0.05) is 0 Å². The van der Waals surface area contributed by atoms with E-state index in [1.54, 1.807) is 19.3 Å². The molecule has 2 heterocycles. The first-order chi connectivity index (χ1) is 12.1. The van der Waals surface area contributed by atoms with Crippen molar-refractivity contribution in [3.63, 3.8) is 0 Å². The van der Waals surface area contributed by atoms with Crippen molar-refractivity contribution in [2.24, 2.45) is 0 Å². The number of fused-ring (bicyclic) bond motifs is 1. The number of hydrogen-bond donors (Lipinski definition) is 1. The van der Waals surface area contributed by atoms with Crippen LogP contribution in [0.3, 0.4) is 0 Å². The highest BCUT2D eigenvalue weighted by Crippen LogP contribution is 2.40. The summed E-state index contributed by atoms with van der Waals surface area (Å²) in [5.41, 5.74) is 0.790. The third kappa shape index (κ3) is 3.96. The maximum atomic E-state index is 12.1. The summed E-state index contributed by atoms with van der Waals surface area (Å²) in [5, 5.41) is 2.86. The summed E-state index contributed by atoms with van der Waals surface area (Å²) in [7, 11) is 1.57. The van der Waals surface area contributed by atoms with E-state index >= 15 is 0 Å². The van der Waals surface area contributed by atoms with Crippen molar-refractivity contribution in [2.45, 2.75) is 19.9 Å². The highest BCUT2D eigenvalue weighted by molar-refractivity contribution is 5.92. The molecule has 0 radical (unpaired) electrons. The van der Waals surface area contributed by atoms with Gasteiger partial charge in [-0.15, -0.1) is 0 Å². The second-order valence-corrected chi connectivity index (χ2v) is 5.76. The van der Waals surface area contributed by atoms with Crippen LogP contribution in [0, 0.1) is 6.92 Å². The van der Waals surface area contributed by atoms with Crippen LogP contribution in [0.2, 0.25) is 0 Å². The Kier molecular flexibility index (Phi) is 4.97. The maximum absolute atomic E-state index is 12.1. The Morgan fingerprint density at radius 3 is 2.80 bits per heavy atom. The van der Waals surface area contributed by atoms with Gasteiger partial charge in [-0.2, -0.15) is 0 Å². The second-order valence-electron chi connectivity index (χ2n) is 5.76. The molecule has 0 saturated carbocycles. The Morgan fingerprint density at radius 2 is 2.08 bits per heavy atom. The molecule has 132 valence electrons. The number of ether oxygens (including phenoxy) is 3. The van der Waals surface area contributed by atoms with Crippen molar-refractivity contribution in [1.29, 1.82) is 0 Å². The fourth-order valence-corrected chi connectivity index (χ4v) is 2.58. The summed E-state index contributed by atoms with van der Waals surface area (Å²) in [4.78, 5) is 12.1. The van der Waals surface area contributed by atoms with Crippen LogP contribution in [-0.2, 0) is 4.79 Å². The lowest BCUT2D eigenvalue weighted by Crippen LogP contribution is -2.24. The Morgan fingerprint density at radius 1 is 1.28 bits per heavy atom. The molecule has 1 amide bonds. The van der Waals surface area contributed by atoms with Gasteiger partial charge in [-0.25, -0.2) is 0 Å². The molecule has 0 spiro atoms. The van der Waals surface area contributed by atoms with Crippen LogP contribution in [0.5, 0.6) is 17.2 Å². The average Bonchev–Trinajstić information content (AvgIpc) is 3.05. The van der Waals surface area contributed by atoms with E-state index in [0.717, 1.165) is 17.1 Å². The lowest BCUT2D eigenvalue weighted by Gasteiger charge is -2.20. The fraction of sp³-hybridized carbons (Fsp3) is 0.316. The maximum Gasteiger partial charge on any atom is 0.244 e. The molecular formula is C19H21NO5. The Bertz CT molecular complexity index is 776. The van der Waals surface area contributed by atoms with E-state index in [0.29, 0.717) is 30.5 Å². The Hall–Kier alpha value is -2.89. The first kappa shape index (κ1) is 17.0. The molecule has 25 heavy (non-hydrogen) atoms. The molecule has 1 aromatic heterocycles. The van der Waals surface area contributed by atoms with Gasteiger partial charge in [0.1, 0.15) is 24.7 Å². The number of rotatable bonds is 5. The average molecular weight is 343 g/mol. The van der Waals surface area contributed by atoms with Gasteiger partial charge in [-0.05, 0) is 49.8 Å². The number of hydrogen-bond acceptors (Lipinski definition) is 5. The van der Waals surface area contributed by atoms with E-state index in [4.69, 9.17) is 18.6 Å². The Labute approximate surface area is 146 Å². The largest absolute Gasteiger partial charge is 0.493 e. The molecule has 1 unspecified atom stereocenters. The molecule has 0 saturated heterocycles. The van der Waals surface area contributed by atoms with Gasteiger partial charge < -0.3 is 23.9 Å². The van der Waals surface area contributed by atoms with Crippen molar-refractivity contribution in [3.05, 3.63) is 47.4 Å². The minimum Gasteiger partial charge on any atom is -0.493 e. The molecule has 6 nitrogen and oxygen atoms in total. The third-order valence-corrected chi connectivity index (χ3v) is 3.82. The number of methoxy groups -OCH3 is 1. The molecule has 1 aromatic carbocycles. The number of aryl methyl sites for hydroxylation is 1. The summed E-state index contributed by atoms with van der Waals surface area (Å²) in [6.45, 7) is 4.72. The number of furan rings is 1. The van der Waals surface area contributed by atoms with Gasteiger partial charge in [0, 0.05) is 6.08 Å². The smallest absolute Gasteiger partial charge is 0.244 e. The summed E-state index contributed by atoms with van der Waals surface area (Å²) in [5.74, 6) is 3.12. The number of carbonyl (C=O) groups is 1. The van der Waals surface area contributed by atoms with E-state index in [1.807, 2.05) is 32.0 Å². The van der Waals surface area contributed by atoms with Gasteiger partial charge in [0.15, 0.2) is 11.5 Å². The number of nitrogens with one attached hydrogen (secondary N) is 1. The van der Waals surface area contributed by atoms with Crippen molar-refractivity contribution in [1.82, 2.24) is 5.32 Å². The molecule has 6 heteroatoms. The quantitative estimate of drug-likeness (QED) is 0.844. The molecule has 2 aromatic rings. The minimum absolute atomic E-state index is 0.208. The van der Waals surface area contributed by atoms with Crippen molar-refractivity contribution >= 4 is 12.0 Å². The van der Waals surface area contributed by atoms with Gasteiger partial charge in [-0.3, -0.25) is 4.79 Å². The highest BCUT2D eigenvalue weighted by Gasteiger charge is 2.18. The van der Waals surface area contributed by atoms with Gasteiger partial charge in [0.05, 0.1) is 13.2 Å². The zero-order valence-electron chi connectivity index (χ0n) is 14.5. The van der Waals surface area contributed by atoms with E-state index in [1.165, 1.54) is 6.08 Å². The summed E-state index contributed by atoms with van der Waals surface area (Å²) < 4.78 is 22.0. The van der Waals surface area contributed by atoms with Crippen LogP contribution >= 0.6 is 0 Å². The number of amides is 1. The van der Waals surface area contributed by atoms with Gasteiger partial charge >= 0.3 is 0 Å². The second kappa shape index (κ2) is 7.34. The molecule has 0 fully saturated rings. The first-order valence-corrected chi connectivity index (χ1v) is 8.09. The highest BCUT2D eigenvalue weighted by atomic mass is 16.6. The predicted molar refractivity (Wildman–Crippen MR) is 93.0 cm³/mol. The van der Waals surface area contributed by atoms with Crippen LogP contribution in [0.1, 0.15) is 30.0 Å². The monoisotopic (exact) mass is 343 g/mol. The lowest BCUT2D eigenvalue weighted by atomic mass is 10.1. The molecular weight excluding hydrogens is 322 g/mol. The summed E-state index contributed by atoms with van der Waals surface area (Å²) in [6.07, 6.45) is 3.17. The molecule has 1 aliphatic rings. The van der Waals surface area contributed by atoms with E-state index < -0.39 is 0 Å². The van der Waals surface area contributed by atoms with Gasteiger partial charge in [0.2, 0.25) is 11.7 Å². The lowest BCUT2D eigenvalue weighted by molar-refractivity contribution is -0.117. The predicted octanol–water partition coefficient (Wildman–Crippen LogP) is 3.26. The zero-order valence-corrected chi connectivity index (χ0v) is 14.5. The number of carbonyl (C=O) groups excluding carboxylic acids is 1. The van der Waals surface area contributed by atoms with Crippen molar-refractivity contribution in [3.8, 4) is 17.2 Å². The Balaban J connectivity index is 1.69. The van der Waals surface area contributed by atoms with E-state index in [-0.39, 0.29) is 11.9 Å². The standard InChI is InChI=1S/C19H21NO5/c1-12-4-6-15(25-12)13(2)20-18(21)7-5-14-10-16(22-3)19-17(11-14)23-8-9-24-19/h4-7,10-11,13H,8-9H2,1-3H3,(H,20,21)/b7-5+. The van der Waals surface area contributed by atoms with Crippen molar-refractivity contribution in [2.75, 3.05) is 20.3 Å². The zero-order chi connectivity index (χ0) is 17.8. The number of benzene rings is 1. The van der Waals surface area contributed by atoms with Crippen LogP contribution < -0.4 is 19.5 Å². The van der Waals surface area contributed by atoms with Crippen LogP contribution in [0.25, 0.3) is 6.08 Å². The third-order valence-electron chi connectivity index (χ3n) is 3.82. The molecule has 3 rings (SSSR count).